The van der Waals surface area contributed by atoms with Gasteiger partial charge in [0.25, 0.3) is 0 Å². The summed E-state index contributed by atoms with van der Waals surface area (Å²) in [7, 11) is 0. The third-order valence-electron chi connectivity index (χ3n) is 3.69. The number of pyridine rings is 1. The van der Waals surface area contributed by atoms with Crippen LogP contribution in [0.5, 0.6) is 0 Å². The summed E-state index contributed by atoms with van der Waals surface area (Å²) in [6.07, 6.45) is 6.02. The van der Waals surface area contributed by atoms with E-state index in [0.717, 1.165) is 39.6 Å². The Morgan fingerprint density at radius 3 is 2.77 bits per heavy atom. The van der Waals surface area contributed by atoms with Crippen molar-refractivity contribution in [2.75, 3.05) is 11.9 Å². The van der Waals surface area contributed by atoms with E-state index in [1.54, 1.807) is 11.3 Å². The molecule has 4 rings (SSSR count). The highest BCUT2D eigenvalue weighted by Crippen LogP contribution is 2.37. The van der Waals surface area contributed by atoms with Gasteiger partial charge in [0.1, 0.15) is 0 Å². The fourth-order valence-corrected chi connectivity index (χ4v) is 3.68. The Morgan fingerprint density at radius 2 is 2.12 bits per heavy atom. The number of hydrogen-bond donors (Lipinski definition) is 3. The molecule has 0 spiro atoms. The molecule has 0 fully saturated rings. The van der Waals surface area contributed by atoms with Crippen LogP contribution in [0.25, 0.3) is 32.6 Å². The van der Waals surface area contributed by atoms with Gasteiger partial charge in [-0.05, 0) is 48.4 Å². The van der Waals surface area contributed by atoms with Gasteiger partial charge in [-0.1, -0.05) is 17.4 Å². The first-order valence-electron chi connectivity index (χ1n) is 8.15. The Hall–Kier alpha value is -3.19. The van der Waals surface area contributed by atoms with Gasteiger partial charge in [-0.15, -0.1) is 0 Å². The number of aromatic nitrogens is 3. The fourth-order valence-electron chi connectivity index (χ4n) is 2.64. The number of benzene rings is 1. The van der Waals surface area contributed by atoms with Crippen molar-refractivity contribution in [2.45, 2.75) is 6.92 Å². The molecule has 0 saturated heterocycles. The predicted molar refractivity (Wildman–Crippen MR) is 107 cm³/mol. The normalized spacial score (nSPS) is 10.2. The van der Waals surface area contributed by atoms with E-state index in [1.165, 1.54) is 4.70 Å². The van der Waals surface area contributed by atoms with Crippen LogP contribution >= 0.6 is 11.3 Å². The minimum absolute atomic E-state index is 0.250. The lowest BCUT2D eigenvalue weighted by atomic mass is 10.0. The van der Waals surface area contributed by atoms with Gasteiger partial charge in [0.2, 0.25) is 6.41 Å². The van der Waals surface area contributed by atoms with Crippen LogP contribution in [0.4, 0.5) is 5.13 Å². The summed E-state index contributed by atoms with van der Waals surface area (Å²) in [5.41, 5.74) is 9.57. The number of rotatable bonds is 4. The van der Waals surface area contributed by atoms with Gasteiger partial charge in [-0.25, -0.2) is 4.98 Å². The minimum Gasteiger partial charge on any atom is -0.372 e. The fraction of sp³-hybridized carbons (Fsp3) is 0.105. The maximum Gasteiger partial charge on any atom is 0.204 e. The Kier molecular flexibility index (Phi) is 5.60. The molecule has 6 nitrogen and oxygen atoms in total. The summed E-state index contributed by atoms with van der Waals surface area (Å²) in [4.78, 5) is 21.0. The summed E-state index contributed by atoms with van der Waals surface area (Å²) in [6, 6.07) is 12.4. The molecule has 7 heteroatoms. The number of thiazole rings is 1. The summed E-state index contributed by atoms with van der Waals surface area (Å²) >= 11 is 1.68. The Balaban J connectivity index is 0.000000613. The molecule has 4 N–H and O–H groups in total. The molecule has 0 aliphatic rings. The van der Waals surface area contributed by atoms with E-state index in [-0.39, 0.29) is 6.41 Å². The largest absolute Gasteiger partial charge is 0.372 e. The van der Waals surface area contributed by atoms with E-state index in [4.69, 9.17) is 9.78 Å². The smallest absolute Gasteiger partial charge is 0.204 e. The van der Waals surface area contributed by atoms with Gasteiger partial charge >= 0.3 is 0 Å². The predicted octanol–water partition coefficient (Wildman–Crippen LogP) is 3.89. The van der Waals surface area contributed by atoms with E-state index in [2.05, 4.69) is 46.1 Å². The average Bonchev–Trinajstić information content (AvgIpc) is 3.32. The molecule has 0 unspecified atom stereocenters. The maximum absolute atomic E-state index is 8.58. The van der Waals surface area contributed by atoms with Gasteiger partial charge in [-0.2, -0.15) is 0 Å². The van der Waals surface area contributed by atoms with Crippen LogP contribution in [0, 0.1) is 0 Å². The Morgan fingerprint density at radius 1 is 1.27 bits per heavy atom. The van der Waals surface area contributed by atoms with E-state index < -0.39 is 0 Å². The van der Waals surface area contributed by atoms with Gasteiger partial charge < -0.3 is 16.0 Å². The van der Waals surface area contributed by atoms with Gasteiger partial charge in [-0.3, -0.25) is 9.78 Å². The summed E-state index contributed by atoms with van der Waals surface area (Å²) in [5.74, 6) is 0. The van der Waals surface area contributed by atoms with Gasteiger partial charge in [0.05, 0.1) is 15.9 Å². The van der Waals surface area contributed by atoms with Crippen molar-refractivity contribution in [2.24, 2.45) is 5.73 Å². The number of nitrogens with two attached hydrogens (primary N) is 1. The van der Waals surface area contributed by atoms with Crippen LogP contribution in [0.2, 0.25) is 0 Å². The minimum atomic E-state index is 0.250. The second-order valence-corrected chi connectivity index (χ2v) is 6.37. The number of hydrogen-bond acceptors (Lipinski definition) is 5. The molecule has 3 aromatic heterocycles. The average molecular weight is 365 g/mol. The topological polar surface area (TPSA) is 96.7 Å². The molecule has 4 aromatic rings. The van der Waals surface area contributed by atoms with Gasteiger partial charge in [0.15, 0.2) is 5.13 Å². The van der Waals surface area contributed by atoms with Crippen molar-refractivity contribution in [1.82, 2.24) is 15.0 Å². The Bertz CT molecular complexity index is 980. The van der Waals surface area contributed by atoms with Crippen LogP contribution < -0.4 is 11.1 Å². The van der Waals surface area contributed by atoms with Crippen molar-refractivity contribution in [3.8, 4) is 22.4 Å². The van der Waals surface area contributed by atoms with Gasteiger partial charge in [0, 0.05) is 30.7 Å². The molecule has 3 heterocycles. The highest BCUT2D eigenvalue weighted by Gasteiger charge is 2.13. The quantitative estimate of drug-likeness (QED) is 0.478. The lowest BCUT2D eigenvalue weighted by Gasteiger charge is -2.05. The molecule has 0 atom stereocenters. The first kappa shape index (κ1) is 17.6. The molecule has 132 valence electrons. The first-order valence-corrected chi connectivity index (χ1v) is 8.96. The number of H-pyrrole nitrogens is 1. The number of nitrogens with zero attached hydrogens (tertiary/aromatic N) is 2. The summed E-state index contributed by atoms with van der Waals surface area (Å²) in [6.45, 7) is 2.94. The van der Waals surface area contributed by atoms with Crippen LogP contribution in [0.1, 0.15) is 6.92 Å². The molecule has 1 aromatic carbocycles. The second-order valence-electron chi connectivity index (χ2n) is 5.37. The van der Waals surface area contributed by atoms with Crippen LogP contribution in [-0.2, 0) is 4.79 Å². The van der Waals surface area contributed by atoms with E-state index >= 15 is 0 Å². The SMILES string of the molecule is CCNc1nc2cc(-c3cc[nH]c3)cc(-c3ccccn3)c2s1.NC=O. The first-order chi connectivity index (χ1) is 12.8. The number of fused-ring (bicyclic) bond motifs is 1. The van der Waals surface area contributed by atoms with Crippen molar-refractivity contribution in [1.29, 1.82) is 0 Å². The summed E-state index contributed by atoms with van der Waals surface area (Å²) < 4.78 is 1.17. The standard InChI is InChI=1S/C18H16N4S.CH3NO/c1-2-20-18-22-16-10-13(12-6-8-19-11-12)9-14(17(16)23-18)15-5-3-4-7-21-15;2-1-3/h3-11,19H,2H2,1H3,(H,20,22);1H,(H2,2,3). The summed E-state index contributed by atoms with van der Waals surface area (Å²) in [5, 5.41) is 4.26. The highest BCUT2D eigenvalue weighted by atomic mass is 32.1. The van der Waals surface area contributed by atoms with E-state index in [9.17, 15) is 0 Å². The highest BCUT2D eigenvalue weighted by molar-refractivity contribution is 7.22. The van der Waals surface area contributed by atoms with Crippen molar-refractivity contribution < 1.29 is 4.79 Å². The third-order valence-corrected chi connectivity index (χ3v) is 4.75. The Labute approximate surface area is 155 Å². The van der Waals surface area contributed by atoms with E-state index in [1.807, 2.05) is 36.8 Å². The maximum atomic E-state index is 8.58. The number of carbonyl (C=O) groups excluding carboxylic acids is 1. The van der Waals surface area contributed by atoms with Crippen molar-refractivity contribution in [3.05, 3.63) is 55.0 Å². The molecule has 26 heavy (non-hydrogen) atoms. The van der Waals surface area contributed by atoms with E-state index in [0.29, 0.717) is 0 Å². The molecule has 0 radical (unpaired) electrons. The number of carbonyl (C=O) groups is 1. The number of nitrogens with one attached hydrogen (secondary N) is 2. The number of anilines is 1. The lowest BCUT2D eigenvalue weighted by molar-refractivity contribution is -0.106. The second kappa shape index (κ2) is 8.26. The molecule has 0 bridgehead atoms. The number of primary amides is 1. The zero-order valence-corrected chi connectivity index (χ0v) is 15.1. The molecule has 0 aliphatic carbocycles. The monoisotopic (exact) mass is 365 g/mol. The number of aromatic amines is 1. The molecular weight excluding hydrogens is 346 g/mol. The molecular formula is C19H19N5OS. The van der Waals surface area contributed by atoms with Crippen LogP contribution in [0.3, 0.4) is 0 Å². The van der Waals surface area contributed by atoms with Crippen molar-refractivity contribution >= 4 is 33.1 Å². The molecule has 1 amide bonds. The van der Waals surface area contributed by atoms with Crippen LogP contribution in [-0.4, -0.2) is 27.9 Å². The third kappa shape index (κ3) is 3.73. The zero-order chi connectivity index (χ0) is 18.4. The zero-order valence-electron chi connectivity index (χ0n) is 14.3. The molecule has 0 saturated carbocycles. The molecule has 0 aliphatic heterocycles. The lowest BCUT2D eigenvalue weighted by Crippen LogP contribution is -1.94. The van der Waals surface area contributed by atoms with Crippen molar-refractivity contribution in [3.63, 3.8) is 0 Å². The van der Waals surface area contributed by atoms with Crippen LogP contribution in [0.15, 0.2) is 55.0 Å². The number of amides is 1.